The van der Waals surface area contributed by atoms with Gasteiger partial charge in [0.1, 0.15) is 13.2 Å². The third-order valence-corrected chi connectivity index (χ3v) is 15.3. The van der Waals surface area contributed by atoms with E-state index < -0.39 is 26.6 Å². The summed E-state index contributed by atoms with van der Waals surface area (Å²) in [5.41, 5.74) is 0. The van der Waals surface area contributed by atoms with Crippen molar-refractivity contribution in [3.05, 3.63) is 85.1 Å². The van der Waals surface area contributed by atoms with E-state index in [0.29, 0.717) is 17.4 Å². The number of phosphoric ester groups is 1. The molecule has 0 saturated heterocycles. The van der Waals surface area contributed by atoms with Crippen molar-refractivity contribution in [3.63, 3.8) is 0 Å². The second kappa shape index (κ2) is 58.3. The minimum Gasteiger partial charge on any atom is -0.756 e. The zero-order valence-corrected chi connectivity index (χ0v) is 52.0. The summed E-state index contributed by atoms with van der Waals surface area (Å²) < 4.78 is 23.4. The number of allylic oxidation sites excluding steroid dienone is 13. The van der Waals surface area contributed by atoms with Gasteiger partial charge in [-0.3, -0.25) is 9.36 Å². The second-order valence-corrected chi connectivity index (χ2v) is 24.5. The first kappa shape index (κ1) is 74.7. The molecule has 0 spiro atoms. The molecule has 2 N–H and O–H groups in total. The molecule has 0 aliphatic carbocycles. The highest BCUT2D eigenvalue weighted by atomic mass is 31.2. The summed E-state index contributed by atoms with van der Waals surface area (Å²) in [4.78, 5) is 25.6. The van der Waals surface area contributed by atoms with Gasteiger partial charge in [0, 0.05) is 6.42 Å². The van der Waals surface area contributed by atoms with Crippen molar-refractivity contribution in [1.82, 2.24) is 5.32 Å². The zero-order valence-electron chi connectivity index (χ0n) is 51.1. The largest absolute Gasteiger partial charge is 0.756 e. The number of nitrogens with one attached hydrogen (secondary N) is 1. The molecule has 9 heteroatoms. The Morgan fingerprint density at radius 2 is 0.792 bits per heavy atom. The Bertz CT molecular complexity index is 1530. The lowest BCUT2D eigenvalue weighted by Gasteiger charge is -2.29. The van der Waals surface area contributed by atoms with Crippen molar-refractivity contribution in [2.75, 3.05) is 40.9 Å². The summed E-state index contributed by atoms with van der Waals surface area (Å²) in [5.74, 6) is -0.212. The van der Waals surface area contributed by atoms with Crippen LogP contribution in [-0.4, -0.2) is 68.5 Å². The fraction of sp³-hybridized carbons (Fsp3) is 0.779. The lowest BCUT2D eigenvalue weighted by molar-refractivity contribution is -0.870. The van der Waals surface area contributed by atoms with Gasteiger partial charge in [0.2, 0.25) is 5.91 Å². The van der Waals surface area contributed by atoms with Crippen molar-refractivity contribution in [1.29, 1.82) is 0 Å². The number of rotatable bonds is 59. The molecule has 3 atom stereocenters. The van der Waals surface area contributed by atoms with Crippen LogP contribution in [0.4, 0.5) is 0 Å². The number of hydrogen-bond donors (Lipinski definition) is 2. The van der Waals surface area contributed by atoms with Crippen molar-refractivity contribution < 1.29 is 32.9 Å². The summed E-state index contributed by atoms with van der Waals surface area (Å²) in [6, 6.07) is -0.902. The Kier molecular flexibility index (Phi) is 56.6. The number of unbranched alkanes of at least 4 members (excludes halogenated alkanes) is 34. The van der Waals surface area contributed by atoms with Crippen molar-refractivity contribution >= 4 is 13.7 Å². The molecular weight excluding hydrogens is 972 g/mol. The van der Waals surface area contributed by atoms with E-state index in [1.165, 1.54) is 173 Å². The number of amides is 1. The molecule has 0 heterocycles. The summed E-state index contributed by atoms with van der Waals surface area (Å²) in [5, 5.41) is 13.9. The quantitative estimate of drug-likeness (QED) is 0.0272. The average molecular weight is 1100 g/mol. The third kappa shape index (κ3) is 61.2. The van der Waals surface area contributed by atoms with E-state index in [1.807, 2.05) is 27.2 Å². The second-order valence-electron chi connectivity index (χ2n) is 23.1. The van der Waals surface area contributed by atoms with Gasteiger partial charge in [-0.25, -0.2) is 0 Å². The molecule has 0 aromatic carbocycles. The van der Waals surface area contributed by atoms with Gasteiger partial charge >= 0.3 is 0 Å². The summed E-state index contributed by atoms with van der Waals surface area (Å²) >= 11 is 0. The van der Waals surface area contributed by atoms with Crippen LogP contribution < -0.4 is 10.2 Å². The molecule has 448 valence electrons. The van der Waals surface area contributed by atoms with Crippen LogP contribution in [0.5, 0.6) is 0 Å². The molecule has 8 nitrogen and oxygen atoms in total. The molecule has 0 aromatic heterocycles. The molecule has 77 heavy (non-hydrogen) atoms. The van der Waals surface area contributed by atoms with Gasteiger partial charge in [0.25, 0.3) is 7.82 Å². The predicted octanol–water partition coefficient (Wildman–Crippen LogP) is 19.7. The van der Waals surface area contributed by atoms with Gasteiger partial charge < -0.3 is 28.8 Å². The van der Waals surface area contributed by atoms with Gasteiger partial charge in [-0.05, 0) is 70.6 Å². The van der Waals surface area contributed by atoms with Crippen molar-refractivity contribution in [2.24, 2.45) is 0 Å². The number of carbonyl (C=O) groups is 1. The Morgan fingerprint density at radius 3 is 1.16 bits per heavy atom. The van der Waals surface area contributed by atoms with Crippen LogP contribution in [0.2, 0.25) is 0 Å². The van der Waals surface area contributed by atoms with Gasteiger partial charge in [-0.1, -0.05) is 298 Å². The van der Waals surface area contributed by atoms with Crippen LogP contribution in [0, 0.1) is 0 Å². The molecule has 0 saturated carbocycles. The van der Waals surface area contributed by atoms with Crippen molar-refractivity contribution in [2.45, 2.75) is 302 Å². The van der Waals surface area contributed by atoms with Gasteiger partial charge in [0.05, 0.1) is 39.9 Å². The Labute approximate surface area is 477 Å². The minimum atomic E-state index is -4.61. The topological polar surface area (TPSA) is 108 Å². The number of aliphatic hydroxyl groups is 1. The predicted molar refractivity (Wildman–Crippen MR) is 334 cm³/mol. The maximum Gasteiger partial charge on any atom is 0.268 e. The molecule has 3 unspecified atom stereocenters. The molecule has 1 amide bonds. The third-order valence-electron chi connectivity index (χ3n) is 14.4. The highest BCUT2D eigenvalue weighted by Gasteiger charge is 2.23. The zero-order chi connectivity index (χ0) is 56.3. The molecule has 0 fully saturated rings. The lowest BCUT2D eigenvalue weighted by atomic mass is 10.0. The highest BCUT2D eigenvalue weighted by Crippen LogP contribution is 2.38. The summed E-state index contributed by atoms with van der Waals surface area (Å²) in [6.45, 7) is 4.55. The van der Waals surface area contributed by atoms with E-state index in [0.717, 1.165) is 96.3 Å². The summed E-state index contributed by atoms with van der Waals surface area (Å²) in [7, 11) is 1.25. The van der Waals surface area contributed by atoms with Gasteiger partial charge in [-0.2, -0.15) is 0 Å². The highest BCUT2D eigenvalue weighted by molar-refractivity contribution is 7.45. The first-order valence-corrected chi connectivity index (χ1v) is 33.9. The van der Waals surface area contributed by atoms with E-state index in [2.05, 4.69) is 92.1 Å². The van der Waals surface area contributed by atoms with Crippen LogP contribution in [0.3, 0.4) is 0 Å². The van der Waals surface area contributed by atoms with Crippen molar-refractivity contribution in [3.8, 4) is 0 Å². The number of quaternary nitrogens is 1. The molecule has 0 aliphatic rings. The first-order valence-electron chi connectivity index (χ1n) is 32.4. The maximum absolute atomic E-state index is 13.0. The number of likely N-dealkylation sites (N-methyl/N-ethyl adjacent to an activating group) is 1. The number of hydrogen-bond acceptors (Lipinski definition) is 6. The number of carbonyl (C=O) groups excluding carboxylic acids is 1. The van der Waals surface area contributed by atoms with E-state index in [1.54, 1.807) is 6.08 Å². The molecule has 0 radical (unpaired) electrons. The smallest absolute Gasteiger partial charge is 0.268 e. The molecular formula is C68H125N2O6P. The monoisotopic (exact) mass is 1100 g/mol. The number of nitrogens with zero attached hydrogens (tertiary/aromatic N) is 1. The minimum absolute atomic E-state index is 0.00800. The van der Waals surface area contributed by atoms with Gasteiger partial charge in [0.15, 0.2) is 0 Å². The number of aliphatic hydroxyl groups excluding tert-OH is 1. The average Bonchev–Trinajstić information content (AvgIpc) is 3.39. The van der Waals surface area contributed by atoms with Crippen LogP contribution in [0.15, 0.2) is 85.1 Å². The fourth-order valence-corrected chi connectivity index (χ4v) is 10.1. The van der Waals surface area contributed by atoms with E-state index in [9.17, 15) is 19.4 Å². The molecule has 0 bridgehead atoms. The first-order chi connectivity index (χ1) is 37.5. The Balaban J connectivity index is 4.17. The van der Waals surface area contributed by atoms with E-state index >= 15 is 0 Å². The van der Waals surface area contributed by atoms with Crippen LogP contribution >= 0.6 is 7.82 Å². The Hall–Kier alpha value is -2.32. The summed E-state index contributed by atoms with van der Waals surface area (Å²) in [6.07, 6.45) is 82.5. The van der Waals surface area contributed by atoms with Crippen LogP contribution in [-0.2, 0) is 18.4 Å². The molecule has 0 aliphatic heterocycles. The lowest BCUT2D eigenvalue weighted by Crippen LogP contribution is -2.45. The van der Waals surface area contributed by atoms with E-state index in [4.69, 9.17) is 9.05 Å². The standard InChI is InChI=1S/C68H125N2O6P/c1-6-8-10-12-14-16-18-20-22-24-26-28-30-32-33-34-35-36-38-39-41-43-45-47-49-51-53-55-57-59-61-67(71)66(65-76-77(73,74)75-64-63-70(3,4)5)69-68(72)62-60-58-56-54-52-50-48-46-44-42-40-37-31-29-27-25-23-21-19-17-15-13-11-9-7-2/h9,11,15,17,21,23,27,29,37,40,44,46,59,61,66-67,71H,6-8,10,12-14,16,18-20,22,24-26,28,30-36,38-39,41-43,45,47-58,60,62-65H2,1-5H3,(H-,69,72,73,74)/b11-9-,17-15-,23-21-,29-27-,40-37-,46-44-,61-59+. The maximum atomic E-state index is 13.0. The fourth-order valence-electron chi connectivity index (χ4n) is 9.34. The van der Waals surface area contributed by atoms with Crippen LogP contribution in [0.25, 0.3) is 0 Å². The molecule has 0 rings (SSSR count). The number of phosphoric acid groups is 1. The van der Waals surface area contributed by atoms with Gasteiger partial charge in [-0.15, -0.1) is 0 Å². The normalized spacial score (nSPS) is 14.3. The van der Waals surface area contributed by atoms with E-state index in [-0.39, 0.29) is 12.5 Å². The molecule has 0 aromatic rings. The Morgan fingerprint density at radius 1 is 0.468 bits per heavy atom. The SMILES string of the molecule is CC/C=C\C/C=C\C/C=C\C/C=C\C/C=C\C/C=C\CCCCCCCCC(=O)NC(COP(=O)([O-])OCC[N+](C)(C)C)C(O)/C=C/CCCCCCCCCCCCCCCCCCCCCCCCCCCCCC. The van der Waals surface area contributed by atoms with Crippen LogP contribution in [0.1, 0.15) is 290 Å².